The lowest BCUT2D eigenvalue weighted by atomic mass is 9.81. The first-order chi connectivity index (χ1) is 9.67. The van der Waals surface area contributed by atoms with E-state index in [1.807, 2.05) is 13.8 Å². The number of thiocarbonyl (C=S) groups is 1. The second-order valence-corrected chi connectivity index (χ2v) is 7.36. The number of amides is 1. The van der Waals surface area contributed by atoms with Gasteiger partial charge < -0.3 is 11.1 Å². The van der Waals surface area contributed by atoms with Crippen LogP contribution in [0.15, 0.2) is 29.2 Å². The van der Waals surface area contributed by atoms with Crippen molar-refractivity contribution in [1.29, 1.82) is 0 Å². The van der Waals surface area contributed by atoms with Crippen molar-refractivity contribution >= 4 is 38.6 Å². The maximum atomic E-state index is 12.4. The van der Waals surface area contributed by atoms with E-state index in [0.717, 1.165) is 6.26 Å². The van der Waals surface area contributed by atoms with Crippen molar-refractivity contribution in [1.82, 2.24) is 0 Å². The molecule has 0 aliphatic heterocycles. The largest absolute Gasteiger partial charge is 0.392 e. The highest BCUT2D eigenvalue weighted by Crippen LogP contribution is 2.29. The van der Waals surface area contributed by atoms with Gasteiger partial charge in [0.25, 0.3) is 0 Å². The van der Waals surface area contributed by atoms with E-state index in [0.29, 0.717) is 18.5 Å². The third kappa shape index (κ3) is 3.79. The monoisotopic (exact) mass is 328 g/mol. The molecule has 116 valence electrons. The van der Waals surface area contributed by atoms with E-state index in [1.165, 1.54) is 12.1 Å². The summed E-state index contributed by atoms with van der Waals surface area (Å²) in [4.78, 5) is 12.8. The van der Waals surface area contributed by atoms with Crippen LogP contribution < -0.4 is 11.1 Å². The first-order valence-corrected chi connectivity index (χ1v) is 8.88. The Kier molecular flexibility index (Phi) is 5.47. The number of hydrogen-bond donors (Lipinski definition) is 2. The van der Waals surface area contributed by atoms with Gasteiger partial charge in [-0.05, 0) is 37.1 Å². The molecule has 3 N–H and O–H groups in total. The number of anilines is 1. The smallest absolute Gasteiger partial charge is 0.237 e. The van der Waals surface area contributed by atoms with E-state index in [4.69, 9.17) is 18.0 Å². The fraction of sp³-hybridized carbons (Fsp3) is 0.429. The van der Waals surface area contributed by atoms with Crippen LogP contribution >= 0.6 is 12.2 Å². The van der Waals surface area contributed by atoms with E-state index in [1.54, 1.807) is 12.1 Å². The minimum absolute atomic E-state index is 0.165. The van der Waals surface area contributed by atoms with Gasteiger partial charge in [-0.3, -0.25) is 4.79 Å². The maximum Gasteiger partial charge on any atom is 0.237 e. The molecule has 0 aliphatic rings. The van der Waals surface area contributed by atoms with Crippen LogP contribution in [0.2, 0.25) is 0 Å². The van der Waals surface area contributed by atoms with Gasteiger partial charge >= 0.3 is 0 Å². The SMILES string of the molecule is CCC(CC)(C(=O)Nc1ccc(S(C)(=O)=O)cc1)C(N)=S. The molecule has 0 atom stereocenters. The molecular weight excluding hydrogens is 308 g/mol. The Morgan fingerprint density at radius 1 is 1.24 bits per heavy atom. The van der Waals surface area contributed by atoms with Crippen LogP contribution in [-0.4, -0.2) is 25.6 Å². The van der Waals surface area contributed by atoms with Crippen molar-refractivity contribution in [2.45, 2.75) is 31.6 Å². The third-order valence-corrected chi connectivity index (χ3v) is 5.17. The summed E-state index contributed by atoms with van der Waals surface area (Å²) in [5, 5.41) is 2.74. The molecule has 1 amide bonds. The van der Waals surface area contributed by atoms with Crippen LogP contribution in [0.5, 0.6) is 0 Å². The van der Waals surface area contributed by atoms with Crippen LogP contribution in [-0.2, 0) is 14.6 Å². The topological polar surface area (TPSA) is 89.3 Å². The lowest BCUT2D eigenvalue weighted by molar-refractivity contribution is -0.122. The number of sulfone groups is 1. The average molecular weight is 328 g/mol. The molecule has 1 aromatic rings. The number of carbonyl (C=O) groups excluding carboxylic acids is 1. The first-order valence-electron chi connectivity index (χ1n) is 6.59. The van der Waals surface area contributed by atoms with Gasteiger partial charge in [-0.1, -0.05) is 26.1 Å². The van der Waals surface area contributed by atoms with E-state index in [-0.39, 0.29) is 15.8 Å². The number of hydrogen-bond acceptors (Lipinski definition) is 4. The molecule has 1 aromatic carbocycles. The molecule has 0 heterocycles. The number of nitrogens with one attached hydrogen (secondary N) is 1. The zero-order valence-corrected chi connectivity index (χ0v) is 14.0. The second-order valence-electron chi connectivity index (χ2n) is 4.90. The van der Waals surface area contributed by atoms with Gasteiger partial charge in [0.15, 0.2) is 9.84 Å². The Labute approximate surface area is 130 Å². The molecule has 0 spiro atoms. The Morgan fingerprint density at radius 3 is 2.05 bits per heavy atom. The van der Waals surface area contributed by atoms with Crippen LogP contribution in [0.3, 0.4) is 0 Å². The van der Waals surface area contributed by atoms with Crippen molar-refractivity contribution < 1.29 is 13.2 Å². The Morgan fingerprint density at radius 2 is 1.71 bits per heavy atom. The van der Waals surface area contributed by atoms with Gasteiger partial charge in [-0.2, -0.15) is 0 Å². The average Bonchev–Trinajstić information content (AvgIpc) is 2.40. The summed E-state index contributed by atoms with van der Waals surface area (Å²) in [6.07, 6.45) is 2.14. The molecule has 0 radical (unpaired) electrons. The predicted molar refractivity (Wildman–Crippen MR) is 88.0 cm³/mol. The molecular formula is C14H20N2O3S2. The zero-order valence-electron chi connectivity index (χ0n) is 12.3. The second kappa shape index (κ2) is 6.53. The summed E-state index contributed by atoms with van der Waals surface area (Å²) in [5.41, 5.74) is 5.34. The first kappa shape index (κ1) is 17.6. The molecule has 0 aromatic heterocycles. The molecule has 5 nitrogen and oxygen atoms in total. The van der Waals surface area contributed by atoms with Crippen molar-refractivity contribution in [2.24, 2.45) is 11.1 Å². The highest BCUT2D eigenvalue weighted by Gasteiger charge is 2.38. The van der Waals surface area contributed by atoms with Gasteiger partial charge in [0.2, 0.25) is 5.91 Å². The normalized spacial score (nSPS) is 12.0. The standard InChI is InChI=1S/C14H20N2O3S2/c1-4-14(5-2,12(15)20)13(17)16-10-6-8-11(9-7-10)21(3,18)19/h6-9H,4-5H2,1-3H3,(H2,15,20)(H,16,17). The Balaban J connectivity index is 3.00. The van der Waals surface area contributed by atoms with Gasteiger partial charge in [-0.15, -0.1) is 0 Å². The van der Waals surface area contributed by atoms with Gasteiger partial charge in [0.05, 0.1) is 15.3 Å². The highest BCUT2D eigenvalue weighted by molar-refractivity contribution is 7.90. The van der Waals surface area contributed by atoms with Crippen molar-refractivity contribution in [3.8, 4) is 0 Å². The molecule has 0 saturated heterocycles. The van der Waals surface area contributed by atoms with Crippen LogP contribution in [0.25, 0.3) is 0 Å². The summed E-state index contributed by atoms with van der Waals surface area (Å²) >= 11 is 5.03. The van der Waals surface area contributed by atoms with Crippen LogP contribution in [0.4, 0.5) is 5.69 Å². The van der Waals surface area contributed by atoms with Gasteiger partial charge in [-0.25, -0.2) is 8.42 Å². The Hall–Kier alpha value is -1.47. The molecule has 0 bridgehead atoms. The fourth-order valence-corrected chi connectivity index (χ4v) is 3.08. The number of benzene rings is 1. The summed E-state index contributed by atoms with van der Waals surface area (Å²) in [6.45, 7) is 3.71. The molecule has 0 unspecified atom stereocenters. The van der Waals surface area contributed by atoms with E-state index < -0.39 is 15.3 Å². The van der Waals surface area contributed by atoms with Gasteiger partial charge in [0, 0.05) is 11.9 Å². The molecule has 7 heteroatoms. The minimum Gasteiger partial charge on any atom is -0.392 e. The van der Waals surface area contributed by atoms with Crippen LogP contribution in [0, 0.1) is 5.41 Å². The van der Waals surface area contributed by atoms with Crippen molar-refractivity contribution in [3.05, 3.63) is 24.3 Å². The van der Waals surface area contributed by atoms with E-state index >= 15 is 0 Å². The summed E-state index contributed by atoms with van der Waals surface area (Å²) < 4.78 is 22.8. The number of rotatable bonds is 6. The van der Waals surface area contributed by atoms with E-state index in [2.05, 4.69) is 5.32 Å². The molecule has 21 heavy (non-hydrogen) atoms. The Bertz CT molecular complexity index is 633. The molecule has 0 aliphatic carbocycles. The highest BCUT2D eigenvalue weighted by atomic mass is 32.2. The summed E-state index contributed by atoms with van der Waals surface area (Å²) in [6, 6.07) is 5.99. The lowest BCUT2D eigenvalue weighted by Crippen LogP contribution is -2.45. The van der Waals surface area contributed by atoms with Crippen LogP contribution in [0.1, 0.15) is 26.7 Å². The van der Waals surface area contributed by atoms with Crippen molar-refractivity contribution in [3.63, 3.8) is 0 Å². The predicted octanol–water partition coefficient (Wildman–Crippen LogP) is 2.12. The van der Waals surface area contributed by atoms with Crippen molar-refractivity contribution in [2.75, 3.05) is 11.6 Å². The van der Waals surface area contributed by atoms with Gasteiger partial charge in [0.1, 0.15) is 0 Å². The molecule has 1 rings (SSSR count). The lowest BCUT2D eigenvalue weighted by Gasteiger charge is -2.28. The number of carbonyl (C=O) groups is 1. The molecule has 0 fully saturated rings. The third-order valence-electron chi connectivity index (χ3n) is 3.65. The zero-order chi connectivity index (χ0) is 16.3. The minimum atomic E-state index is -3.25. The van der Waals surface area contributed by atoms with E-state index in [9.17, 15) is 13.2 Å². The summed E-state index contributed by atoms with van der Waals surface area (Å²) in [5.74, 6) is -0.271. The quantitative estimate of drug-likeness (QED) is 0.781. The maximum absolute atomic E-state index is 12.4. The fourth-order valence-electron chi connectivity index (χ4n) is 2.07. The summed E-state index contributed by atoms with van der Waals surface area (Å²) in [7, 11) is -3.25. The number of nitrogens with two attached hydrogens (primary N) is 1. The molecule has 0 saturated carbocycles.